The van der Waals surface area contributed by atoms with Crippen molar-refractivity contribution in [1.29, 1.82) is 0 Å². The maximum Gasteiger partial charge on any atom is 0.215 e. The summed E-state index contributed by atoms with van der Waals surface area (Å²) >= 11 is 0. The van der Waals surface area contributed by atoms with Crippen LogP contribution in [-0.4, -0.2) is 41.6 Å². The minimum atomic E-state index is -3.29. The van der Waals surface area contributed by atoms with E-state index in [1.54, 1.807) is 13.2 Å². The molecule has 0 aromatic heterocycles. The van der Waals surface area contributed by atoms with Gasteiger partial charge in [-0.25, -0.2) is 18.1 Å². The molecular weight excluding hydrogens is 527 g/mol. The first-order chi connectivity index (χ1) is 14.4. The summed E-state index contributed by atoms with van der Waals surface area (Å²) in [6.45, 7) is 6.00. The monoisotopic (exact) mass is 560 g/mol. The number of methoxy groups -OCH3 is 1. The van der Waals surface area contributed by atoms with E-state index in [1.807, 2.05) is 32.0 Å². The molecule has 2 aromatic carbocycles. The maximum atomic E-state index is 11.8. The van der Waals surface area contributed by atoms with Crippen LogP contribution in [0.5, 0.6) is 5.75 Å². The number of hydrogen-bond donors (Lipinski definition) is 3. The van der Waals surface area contributed by atoms with Gasteiger partial charge in [-0.2, -0.15) is 0 Å². The van der Waals surface area contributed by atoms with Crippen LogP contribution in [0.25, 0.3) is 0 Å². The van der Waals surface area contributed by atoms with Crippen molar-refractivity contribution in [2.45, 2.75) is 32.6 Å². The van der Waals surface area contributed by atoms with Gasteiger partial charge in [0.1, 0.15) is 5.75 Å². The van der Waals surface area contributed by atoms with Gasteiger partial charge in [-0.15, -0.1) is 24.0 Å². The topological polar surface area (TPSA) is 91.8 Å². The van der Waals surface area contributed by atoms with Gasteiger partial charge in [0.15, 0.2) is 5.96 Å². The van der Waals surface area contributed by atoms with E-state index in [0.29, 0.717) is 6.54 Å². The van der Waals surface area contributed by atoms with Crippen molar-refractivity contribution in [2.75, 3.05) is 27.2 Å². The lowest BCUT2D eigenvalue weighted by Gasteiger charge is -2.12. The third-order valence-corrected chi connectivity index (χ3v) is 5.94. The third-order valence-electron chi connectivity index (χ3n) is 4.60. The molecule has 0 radical (unpaired) electrons. The van der Waals surface area contributed by atoms with E-state index in [4.69, 9.17) is 4.74 Å². The van der Waals surface area contributed by atoms with Crippen molar-refractivity contribution in [3.05, 3.63) is 64.7 Å². The van der Waals surface area contributed by atoms with E-state index >= 15 is 0 Å². The molecule has 9 heteroatoms. The first-order valence-electron chi connectivity index (χ1n) is 10.0. The molecule has 172 valence electrons. The van der Waals surface area contributed by atoms with Gasteiger partial charge in [-0.1, -0.05) is 36.4 Å². The van der Waals surface area contributed by atoms with Crippen molar-refractivity contribution >= 4 is 40.0 Å². The minimum Gasteiger partial charge on any atom is -0.496 e. The molecule has 0 fully saturated rings. The summed E-state index contributed by atoms with van der Waals surface area (Å²) < 4.78 is 31.2. The van der Waals surface area contributed by atoms with Gasteiger partial charge in [-0.3, -0.25) is 0 Å². The number of hydrogen-bond acceptors (Lipinski definition) is 4. The molecule has 0 aliphatic heterocycles. The van der Waals surface area contributed by atoms with Crippen LogP contribution in [-0.2, 0) is 28.7 Å². The van der Waals surface area contributed by atoms with Crippen LogP contribution in [0.3, 0.4) is 0 Å². The van der Waals surface area contributed by atoms with Crippen molar-refractivity contribution in [3.63, 3.8) is 0 Å². The van der Waals surface area contributed by atoms with E-state index in [1.165, 1.54) is 12.6 Å². The van der Waals surface area contributed by atoms with Gasteiger partial charge in [0.05, 0.1) is 19.4 Å². The summed E-state index contributed by atoms with van der Waals surface area (Å²) in [5.74, 6) is 1.58. The fourth-order valence-corrected chi connectivity index (χ4v) is 3.73. The van der Waals surface area contributed by atoms with Crippen molar-refractivity contribution in [2.24, 2.45) is 4.99 Å². The second-order valence-electron chi connectivity index (χ2n) is 6.96. The lowest BCUT2D eigenvalue weighted by molar-refractivity contribution is 0.411. The number of rotatable bonds is 10. The van der Waals surface area contributed by atoms with Crippen LogP contribution in [0.2, 0.25) is 0 Å². The van der Waals surface area contributed by atoms with Crippen LogP contribution >= 0.6 is 24.0 Å². The number of sulfonamides is 1. The second kappa shape index (κ2) is 13.5. The molecule has 0 spiro atoms. The molecule has 0 aliphatic rings. The first kappa shape index (κ1) is 27.2. The molecule has 0 saturated carbocycles. The average molecular weight is 561 g/mol. The number of nitrogens with one attached hydrogen (secondary N) is 3. The van der Waals surface area contributed by atoms with Gasteiger partial charge in [0, 0.05) is 13.1 Å². The summed E-state index contributed by atoms with van der Waals surface area (Å²) in [6.07, 6.45) is 0.846. The van der Waals surface area contributed by atoms with Crippen molar-refractivity contribution in [3.8, 4) is 5.75 Å². The first-order valence-corrected chi connectivity index (χ1v) is 11.7. The van der Waals surface area contributed by atoms with Crippen molar-refractivity contribution in [1.82, 2.24) is 15.4 Å². The van der Waals surface area contributed by atoms with Crippen LogP contribution < -0.4 is 20.1 Å². The van der Waals surface area contributed by atoms with Crippen LogP contribution in [0.4, 0.5) is 0 Å². The highest BCUT2D eigenvalue weighted by atomic mass is 127. The van der Waals surface area contributed by atoms with Crippen LogP contribution in [0.15, 0.2) is 47.5 Å². The van der Waals surface area contributed by atoms with Gasteiger partial charge >= 0.3 is 0 Å². The average Bonchev–Trinajstić information content (AvgIpc) is 2.73. The Morgan fingerprint density at radius 1 is 1.06 bits per heavy atom. The van der Waals surface area contributed by atoms with Gasteiger partial charge in [0.2, 0.25) is 10.0 Å². The highest BCUT2D eigenvalue weighted by Crippen LogP contribution is 2.19. The maximum absolute atomic E-state index is 11.8. The Balaban J connectivity index is 0.00000480. The molecule has 31 heavy (non-hydrogen) atoms. The minimum absolute atomic E-state index is 0. The number of benzene rings is 2. The molecule has 0 bridgehead atoms. The Bertz CT molecular complexity index is 965. The molecular formula is C22H33IN4O3S. The van der Waals surface area contributed by atoms with Crippen LogP contribution in [0, 0.1) is 6.92 Å². The summed E-state index contributed by atoms with van der Waals surface area (Å²) in [6, 6.07) is 13.7. The lowest BCUT2D eigenvalue weighted by Crippen LogP contribution is -2.38. The van der Waals surface area contributed by atoms with E-state index in [2.05, 4.69) is 38.5 Å². The molecule has 2 aromatic rings. The normalized spacial score (nSPS) is 11.5. The van der Waals surface area contributed by atoms with Gasteiger partial charge < -0.3 is 15.4 Å². The quantitative estimate of drug-likeness (QED) is 0.236. The summed E-state index contributed by atoms with van der Waals surface area (Å²) in [5, 5.41) is 6.59. The highest BCUT2D eigenvalue weighted by Gasteiger charge is 2.09. The molecule has 0 unspecified atom stereocenters. The Kier molecular flexibility index (Phi) is 11.9. The predicted octanol–water partition coefficient (Wildman–Crippen LogP) is 2.97. The summed E-state index contributed by atoms with van der Waals surface area (Å²) in [7, 11) is -0.190. The molecule has 3 N–H and O–H groups in total. The number of guanidine groups is 1. The summed E-state index contributed by atoms with van der Waals surface area (Å²) in [4.78, 5) is 4.63. The predicted molar refractivity (Wildman–Crippen MR) is 138 cm³/mol. The molecule has 2 rings (SSSR count). The Labute approximate surface area is 203 Å². The fourth-order valence-electron chi connectivity index (χ4n) is 2.97. The zero-order valence-corrected chi connectivity index (χ0v) is 21.7. The Hall–Kier alpha value is -1.85. The van der Waals surface area contributed by atoms with E-state index < -0.39 is 10.0 Å². The zero-order valence-electron chi connectivity index (χ0n) is 18.6. The fraction of sp³-hybridized carbons (Fsp3) is 0.409. The highest BCUT2D eigenvalue weighted by molar-refractivity contribution is 14.0. The van der Waals surface area contributed by atoms with Gasteiger partial charge in [0.25, 0.3) is 0 Å². The smallest absolute Gasteiger partial charge is 0.215 e. The number of halogens is 1. The Morgan fingerprint density at radius 3 is 2.48 bits per heavy atom. The van der Waals surface area contributed by atoms with E-state index in [0.717, 1.165) is 47.9 Å². The van der Waals surface area contributed by atoms with Crippen molar-refractivity contribution < 1.29 is 13.2 Å². The molecule has 0 atom stereocenters. The SMILES string of the molecule is CCNC(=NCc1cccc(CS(=O)(=O)NC)c1)NCCc1ccc(C)c(OC)c1.I. The number of aliphatic imine (C=N–C) groups is 1. The standard InChI is InChI=1S/C22H32N4O3S.HI/c1-5-24-22(25-12-11-18-10-9-17(2)21(14-18)29-4)26-15-19-7-6-8-20(13-19)16-30(27,28)23-3;/h6-10,13-14,23H,5,11-12,15-16H2,1-4H3,(H2,24,25,26);1H. The molecule has 0 saturated heterocycles. The zero-order chi connectivity index (χ0) is 22.0. The number of ether oxygens (including phenoxy) is 1. The largest absolute Gasteiger partial charge is 0.496 e. The molecule has 0 heterocycles. The molecule has 0 amide bonds. The Morgan fingerprint density at radius 2 is 1.81 bits per heavy atom. The van der Waals surface area contributed by atoms with Gasteiger partial charge in [-0.05, 0) is 55.6 Å². The molecule has 0 aliphatic carbocycles. The number of aryl methyl sites for hydroxylation is 1. The lowest BCUT2D eigenvalue weighted by atomic mass is 10.1. The third kappa shape index (κ3) is 9.44. The second-order valence-corrected chi connectivity index (χ2v) is 8.89. The number of nitrogens with zero attached hydrogens (tertiary/aromatic N) is 1. The summed E-state index contributed by atoms with van der Waals surface area (Å²) in [5.41, 5.74) is 4.01. The van der Waals surface area contributed by atoms with Crippen LogP contribution in [0.1, 0.15) is 29.2 Å². The van der Waals surface area contributed by atoms with E-state index in [-0.39, 0.29) is 29.7 Å². The van der Waals surface area contributed by atoms with E-state index in [9.17, 15) is 8.42 Å². The molecule has 7 nitrogen and oxygen atoms in total.